The summed E-state index contributed by atoms with van der Waals surface area (Å²) in [7, 11) is 0. The summed E-state index contributed by atoms with van der Waals surface area (Å²) in [5, 5.41) is 19.1. The molecule has 23 heavy (non-hydrogen) atoms. The quantitative estimate of drug-likeness (QED) is 0.659. The summed E-state index contributed by atoms with van der Waals surface area (Å²) in [4.78, 5) is 27.8. The van der Waals surface area contributed by atoms with Gasteiger partial charge in [-0.25, -0.2) is 4.79 Å². The van der Waals surface area contributed by atoms with E-state index in [0.29, 0.717) is 25.0 Å². The Morgan fingerprint density at radius 2 is 1.91 bits per heavy atom. The van der Waals surface area contributed by atoms with Gasteiger partial charge in [-0.15, -0.1) is 0 Å². The van der Waals surface area contributed by atoms with Gasteiger partial charge in [-0.05, 0) is 24.8 Å². The number of aliphatic imine (C=N–C) groups is 1. The molecular formula is C18H21NO4. The van der Waals surface area contributed by atoms with Crippen molar-refractivity contribution in [2.75, 3.05) is 0 Å². The lowest BCUT2D eigenvalue weighted by atomic mass is 9.78. The van der Waals surface area contributed by atoms with Crippen molar-refractivity contribution in [3.63, 3.8) is 0 Å². The van der Waals surface area contributed by atoms with Crippen molar-refractivity contribution in [2.24, 2.45) is 4.99 Å². The number of nitrogens with zero attached hydrogens (tertiary/aromatic N) is 1. The van der Waals surface area contributed by atoms with Crippen molar-refractivity contribution in [3.8, 4) is 0 Å². The van der Waals surface area contributed by atoms with E-state index in [-0.39, 0.29) is 23.0 Å². The third-order valence-corrected chi connectivity index (χ3v) is 4.04. The number of rotatable bonds is 4. The third kappa shape index (κ3) is 3.86. The Bertz CT molecular complexity index is 661. The predicted molar refractivity (Wildman–Crippen MR) is 87.9 cm³/mol. The lowest BCUT2D eigenvalue weighted by Crippen LogP contribution is -2.28. The number of aliphatic hydroxyl groups is 1. The first-order valence-electron chi connectivity index (χ1n) is 7.74. The van der Waals surface area contributed by atoms with Crippen molar-refractivity contribution < 1.29 is 19.8 Å². The van der Waals surface area contributed by atoms with Crippen LogP contribution in [-0.2, 0) is 9.59 Å². The molecule has 2 N–H and O–H groups in total. The van der Waals surface area contributed by atoms with E-state index in [1.807, 2.05) is 30.3 Å². The van der Waals surface area contributed by atoms with Gasteiger partial charge in [0.2, 0.25) is 0 Å². The summed E-state index contributed by atoms with van der Waals surface area (Å²) in [5.41, 5.74) is 1.61. The Kier molecular flexibility index (Phi) is 5.32. The Hall–Kier alpha value is -2.43. The van der Waals surface area contributed by atoms with Crippen molar-refractivity contribution in [1.82, 2.24) is 0 Å². The number of hydrogen-bond donors (Lipinski definition) is 2. The van der Waals surface area contributed by atoms with E-state index in [1.165, 1.54) is 6.92 Å². The van der Waals surface area contributed by atoms with E-state index in [1.54, 1.807) is 6.92 Å². The fourth-order valence-corrected chi connectivity index (χ4v) is 2.77. The van der Waals surface area contributed by atoms with Gasteiger partial charge in [-0.3, -0.25) is 9.79 Å². The normalized spacial score (nSPS) is 23.7. The number of hydrogen-bond acceptors (Lipinski definition) is 4. The van der Waals surface area contributed by atoms with E-state index < -0.39 is 12.0 Å². The summed E-state index contributed by atoms with van der Waals surface area (Å²) >= 11 is 0. The van der Waals surface area contributed by atoms with Crippen LogP contribution in [-0.4, -0.2) is 33.7 Å². The average molecular weight is 315 g/mol. The number of benzene rings is 1. The Balaban J connectivity index is 2.43. The Morgan fingerprint density at radius 3 is 2.48 bits per heavy atom. The third-order valence-electron chi connectivity index (χ3n) is 4.04. The summed E-state index contributed by atoms with van der Waals surface area (Å²) in [6.07, 6.45) is 1.06. The summed E-state index contributed by atoms with van der Waals surface area (Å²) in [6, 6.07) is 8.67. The number of aliphatic carboxylic acids is 1. The Morgan fingerprint density at radius 1 is 1.26 bits per heavy atom. The van der Waals surface area contributed by atoms with Gasteiger partial charge in [0.15, 0.2) is 5.78 Å². The molecule has 1 aliphatic rings. The van der Waals surface area contributed by atoms with E-state index in [2.05, 4.69) is 4.99 Å². The number of carboxylic acids is 1. The van der Waals surface area contributed by atoms with Crippen LogP contribution in [0.5, 0.6) is 0 Å². The molecule has 0 saturated heterocycles. The minimum atomic E-state index is -1.05. The van der Waals surface area contributed by atoms with Crippen molar-refractivity contribution >= 4 is 17.5 Å². The van der Waals surface area contributed by atoms with Crippen molar-refractivity contribution in [2.45, 2.75) is 45.1 Å². The van der Waals surface area contributed by atoms with Crippen LogP contribution in [0, 0.1) is 0 Å². The van der Waals surface area contributed by atoms with E-state index >= 15 is 0 Å². The molecule has 0 spiro atoms. The van der Waals surface area contributed by atoms with Gasteiger partial charge in [0.1, 0.15) is 11.8 Å². The fourth-order valence-electron chi connectivity index (χ4n) is 2.77. The van der Waals surface area contributed by atoms with Crippen LogP contribution in [0.4, 0.5) is 0 Å². The molecule has 5 heteroatoms. The zero-order valence-electron chi connectivity index (χ0n) is 13.3. The second-order valence-electron chi connectivity index (χ2n) is 5.70. The lowest BCUT2D eigenvalue weighted by Gasteiger charge is -2.26. The number of Topliss-reactive ketones (excluding diaryl/α,β-unsaturated/α-hetero) is 1. The Labute approximate surface area is 135 Å². The molecule has 0 aliphatic heterocycles. The molecule has 1 fully saturated rings. The SMILES string of the molecule is CCC(O)=C1C(=O)CC(c2ccccc2)CC1=NC(C)C(=O)O. The second-order valence-corrected chi connectivity index (χ2v) is 5.70. The number of allylic oxidation sites excluding steroid dienone is 2. The molecule has 0 aromatic heterocycles. The van der Waals surface area contributed by atoms with Gasteiger partial charge >= 0.3 is 5.97 Å². The molecule has 0 radical (unpaired) electrons. The molecule has 5 nitrogen and oxygen atoms in total. The first-order chi connectivity index (χ1) is 10.9. The van der Waals surface area contributed by atoms with Crippen LogP contribution in [0.25, 0.3) is 0 Å². The standard InChI is InChI=1S/C18H21NO4/c1-3-15(20)17-14(19-11(2)18(22)23)9-13(10-16(17)21)12-7-5-4-6-8-12/h4-8,11,13,20H,3,9-10H2,1-2H3,(H,22,23). The highest BCUT2D eigenvalue weighted by Crippen LogP contribution is 2.33. The van der Waals surface area contributed by atoms with E-state index in [4.69, 9.17) is 5.11 Å². The highest BCUT2D eigenvalue weighted by Gasteiger charge is 2.32. The molecule has 2 atom stereocenters. The monoisotopic (exact) mass is 315 g/mol. The first-order valence-corrected chi connectivity index (χ1v) is 7.74. The zero-order chi connectivity index (χ0) is 17.0. The molecule has 0 amide bonds. The highest BCUT2D eigenvalue weighted by atomic mass is 16.4. The smallest absolute Gasteiger partial charge is 0.328 e. The molecular weight excluding hydrogens is 294 g/mol. The molecule has 1 aromatic rings. The summed E-state index contributed by atoms with van der Waals surface area (Å²) in [6.45, 7) is 3.21. The molecule has 0 bridgehead atoms. The van der Waals surface area contributed by atoms with Gasteiger partial charge < -0.3 is 10.2 Å². The molecule has 1 aliphatic carbocycles. The van der Waals surface area contributed by atoms with Crippen LogP contribution < -0.4 is 0 Å². The van der Waals surface area contributed by atoms with E-state index in [9.17, 15) is 14.7 Å². The first kappa shape index (κ1) is 16.9. The van der Waals surface area contributed by atoms with Crippen LogP contribution in [0.1, 0.15) is 44.6 Å². The molecule has 0 heterocycles. The molecule has 2 unspecified atom stereocenters. The molecule has 2 rings (SSSR count). The minimum Gasteiger partial charge on any atom is -0.512 e. The van der Waals surface area contributed by atoms with E-state index in [0.717, 1.165) is 5.56 Å². The molecule has 1 aromatic carbocycles. The highest BCUT2D eigenvalue weighted by molar-refractivity contribution is 6.25. The predicted octanol–water partition coefficient (Wildman–Crippen LogP) is 3.27. The largest absolute Gasteiger partial charge is 0.512 e. The number of aliphatic hydroxyl groups excluding tert-OH is 1. The zero-order valence-corrected chi connectivity index (χ0v) is 13.3. The average Bonchev–Trinajstić information content (AvgIpc) is 2.54. The number of carboxylic acid groups (broad SMARTS) is 1. The minimum absolute atomic E-state index is 0.0159. The van der Waals surface area contributed by atoms with Crippen LogP contribution in [0.15, 0.2) is 46.7 Å². The summed E-state index contributed by atoms with van der Waals surface area (Å²) in [5.74, 6) is -1.29. The van der Waals surface area contributed by atoms with Gasteiger partial charge in [0.25, 0.3) is 0 Å². The van der Waals surface area contributed by atoms with Crippen LogP contribution in [0.3, 0.4) is 0 Å². The number of carbonyl (C=O) groups excluding carboxylic acids is 1. The summed E-state index contributed by atoms with van der Waals surface area (Å²) < 4.78 is 0. The maximum Gasteiger partial charge on any atom is 0.328 e. The molecule has 122 valence electrons. The maximum absolute atomic E-state index is 12.5. The lowest BCUT2D eigenvalue weighted by molar-refractivity contribution is -0.138. The van der Waals surface area contributed by atoms with Crippen LogP contribution >= 0.6 is 0 Å². The second kappa shape index (κ2) is 7.22. The topological polar surface area (TPSA) is 87.0 Å². The van der Waals surface area contributed by atoms with Crippen LogP contribution in [0.2, 0.25) is 0 Å². The fraction of sp³-hybridized carbons (Fsp3) is 0.389. The van der Waals surface area contributed by atoms with Gasteiger partial charge in [-0.2, -0.15) is 0 Å². The van der Waals surface area contributed by atoms with Gasteiger partial charge in [0.05, 0.1) is 11.3 Å². The van der Waals surface area contributed by atoms with Crippen molar-refractivity contribution in [3.05, 3.63) is 47.2 Å². The number of carbonyl (C=O) groups is 2. The number of ketones is 1. The maximum atomic E-state index is 12.5. The molecule has 1 saturated carbocycles. The van der Waals surface area contributed by atoms with Gasteiger partial charge in [0, 0.05) is 12.8 Å². The van der Waals surface area contributed by atoms with Crippen molar-refractivity contribution in [1.29, 1.82) is 0 Å². The van der Waals surface area contributed by atoms with Gasteiger partial charge in [-0.1, -0.05) is 37.3 Å².